The van der Waals surface area contributed by atoms with Crippen LogP contribution < -0.4 is 20.3 Å². The Morgan fingerprint density at radius 1 is 1.26 bits per heavy atom. The third-order valence-electron chi connectivity index (χ3n) is 5.61. The first-order valence-electron chi connectivity index (χ1n) is 10.7. The van der Waals surface area contributed by atoms with Crippen LogP contribution in [0, 0.1) is 18.3 Å². The molecule has 2 heterocycles. The third kappa shape index (κ3) is 5.26. The van der Waals surface area contributed by atoms with E-state index in [4.69, 9.17) is 21.7 Å². The number of amides is 1. The average molecular weight is 511 g/mol. The molecule has 182 valence electrons. The van der Waals surface area contributed by atoms with Crippen LogP contribution in [0.1, 0.15) is 22.3 Å². The summed E-state index contributed by atoms with van der Waals surface area (Å²) in [6.07, 6.45) is 3.94. The zero-order chi connectivity index (χ0) is 25.7. The average Bonchev–Trinajstić information content (AvgIpc) is 3.12. The largest absolute Gasteiger partial charge is 0.493 e. The van der Waals surface area contributed by atoms with Crippen molar-refractivity contribution in [1.82, 2.24) is 9.47 Å². The van der Waals surface area contributed by atoms with E-state index in [0.29, 0.717) is 57.2 Å². The number of aromatic nitrogens is 1. The Hall–Kier alpha value is -3.55. The molecule has 0 unspecified atom stereocenters. The number of carbonyl (C=O) groups excluding carboxylic acids is 1. The summed E-state index contributed by atoms with van der Waals surface area (Å²) in [7, 11) is 4.76. The Kier molecular flexibility index (Phi) is 8.38. The summed E-state index contributed by atoms with van der Waals surface area (Å²) >= 11 is 6.52. The Morgan fingerprint density at radius 3 is 2.60 bits per heavy atom. The minimum absolute atomic E-state index is 0.0331. The molecule has 10 heteroatoms. The van der Waals surface area contributed by atoms with Crippen molar-refractivity contribution in [3.05, 3.63) is 68.4 Å². The first-order chi connectivity index (χ1) is 16.8. The number of methoxy groups -OCH3 is 2. The second-order valence-electron chi connectivity index (χ2n) is 7.69. The summed E-state index contributed by atoms with van der Waals surface area (Å²) in [6, 6.07) is 7.67. The Bertz CT molecular complexity index is 1320. The number of nitrogens with zero attached hydrogens (tertiary/aromatic N) is 3. The molecule has 8 nitrogen and oxygen atoms in total. The van der Waals surface area contributed by atoms with Gasteiger partial charge in [-0.25, -0.2) is 0 Å². The van der Waals surface area contributed by atoms with Gasteiger partial charge in [-0.2, -0.15) is 5.26 Å². The van der Waals surface area contributed by atoms with E-state index in [1.165, 1.54) is 21.2 Å². The summed E-state index contributed by atoms with van der Waals surface area (Å²) in [6.45, 7) is 6.18. The molecule has 0 saturated carbocycles. The fourth-order valence-corrected chi connectivity index (χ4v) is 4.98. The van der Waals surface area contributed by atoms with Crippen LogP contribution in [0.3, 0.4) is 0 Å². The lowest BCUT2D eigenvalue weighted by atomic mass is 10.0. The van der Waals surface area contributed by atoms with Gasteiger partial charge in [0.05, 0.1) is 19.1 Å². The normalized spacial score (nSPS) is 14.3. The third-order valence-corrected chi connectivity index (χ3v) is 6.99. The van der Waals surface area contributed by atoms with Gasteiger partial charge in [0.15, 0.2) is 11.5 Å². The number of ether oxygens (including phenoxy) is 2. The van der Waals surface area contributed by atoms with Gasteiger partial charge in [0.1, 0.15) is 21.8 Å². The SMILES string of the molecule is C=CCN1C(=O)/C(=C\c2c(C)c(C#N)c(=O)n(C)c2NCCc2ccc(OC)c(OC)c2)SC1=S. The summed E-state index contributed by atoms with van der Waals surface area (Å²) in [5.41, 5.74) is 1.73. The number of benzene rings is 1. The quantitative estimate of drug-likeness (QED) is 0.310. The number of nitrogens with one attached hydrogen (secondary N) is 1. The van der Waals surface area contributed by atoms with Crippen molar-refractivity contribution in [3.8, 4) is 17.6 Å². The van der Waals surface area contributed by atoms with Crippen molar-refractivity contribution in [2.24, 2.45) is 7.05 Å². The lowest BCUT2D eigenvalue weighted by molar-refractivity contribution is -0.121. The second-order valence-corrected chi connectivity index (χ2v) is 9.36. The zero-order valence-electron chi connectivity index (χ0n) is 20.0. The molecule has 1 N–H and O–H groups in total. The molecule has 0 aliphatic carbocycles. The maximum Gasteiger partial charge on any atom is 0.270 e. The van der Waals surface area contributed by atoms with Crippen LogP contribution in [-0.2, 0) is 18.3 Å². The van der Waals surface area contributed by atoms with E-state index in [1.807, 2.05) is 24.3 Å². The van der Waals surface area contributed by atoms with Gasteiger partial charge in [-0.3, -0.25) is 19.1 Å². The van der Waals surface area contributed by atoms with Gasteiger partial charge in [0.2, 0.25) is 0 Å². The van der Waals surface area contributed by atoms with E-state index in [9.17, 15) is 14.9 Å². The van der Waals surface area contributed by atoms with Crippen molar-refractivity contribution in [2.45, 2.75) is 13.3 Å². The van der Waals surface area contributed by atoms with Crippen LogP contribution in [0.2, 0.25) is 0 Å². The molecule has 1 saturated heterocycles. The molecule has 1 aromatic heterocycles. The number of hydrogen-bond acceptors (Lipinski definition) is 8. The molecule has 1 fully saturated rings. The molecular formula is C25H26N4O4S2. The molecule has 3 rings (SSSR count). The predicted octanol–water partition coefficient (Wildman–Crippen LogP) is 3.62. The summed E-state index contributed by atoms with van der Waals surface area (Å²) < 4.78 is 12.5. The number of carbonyl (C=O) groups is 1. The number of thiocarbonyl (C=S) groups is 1. The molecule has 0 spiro atoms. The maximum atomic E-state index is 12.9. The minimum Gasteiger partial charge on any atom is -0.493 e. The Balaban J connectivity index is 1.97. The van der Waals surface area contributed by atoms with E-state index in [-0.39, 0.29) is 11.5 Å². The molecule has 0 bridgehead atoms. The van der Waals surface area contributed by atoms with Gasteiger partial charge >= 0.3 is 0 Å². The molecule has 2 aromatic rings. The van der Waals surface area contributed by atoms with E-state index in [1.54, 1.807) is 40.3 Å². The first kappa shape index (κ1) is 26.1. The monoisotopic (exact) mass is 510 g/mol. The summed E-state index contributed by atoms with van der Waals surface area (Å²) in [5.74, 6) is 1.56. The number of anilines is 1. The first-order valence-corrected chi connectivity index (χ1v) is 11.9. The predicted molar refractivity (Wildman–Crippen MR) is 143 cm³/mol. The highest BCUT2D eigenvalue weighted by molar-refractivity contribution is 8.26. The molecule has 0 radical (unpaired) electrons. The molecule has 1 aliphatic heterocycles. The van der Waals surface area contributed by atoms with E-state index in [0.717, 1.165) is 5.56 Å². The van der Waals surface area contributed by atoms with Crippen LogP contribution in [-0.4, -0.2) is 47.0 Å². The van der Waals surface area contributed by atoms with Crippen LogP contribution >= 0.6 is 24.0 Å². The number of hydrogen-bond donors (Lipinski definition) is 1. The Labute approximate surface area is 213 Å². The van der Waals surface area contributed by atoms with Crippen LogP contribution in [0.4, 0.5) is 5.82 Å². The molecule has 1 amide bonds. The highest BCUT2D eigenvalue weighted by atomic mass is 32.2. The van der Waals surface area contributed by atoms with Crippen molar-refractivity contribution >= 4 is 46.1 Å². The fraction of sp³-hybridized carbons (Fsp3) is 0.280. The van der Waals surface area contributed by atoms with Gasteiger partial charge < -0.3 is 14.8 Å². The highest BCUT2D eigenvalue weighted by Gasteiger charge is 2.32. The van der Waals surface area contributed by atoms with Crippen molar-refractivity contribution in [2.75, 3.05) is 32.6 Å². The molecule has 1 aromatic carbocycles. The molecular weight excluding hydrogens is 484 g/mol. The van der Waals surface area contributed by atoms with Gasteiger partial charge in [0, 0.05) is 25.7 Å². The van der Waals surface area contributed by atoms with E-state index < -0.39 is 5.56 Å². The zero-order valence-corrected chi connectivity index (χ0v) is 21.6. The topological polar surface area (TPSA) is 96.6 Å². The number of rotatable bonds is 9. The second kappa shape index (κ2) is 11.3. The van der Waals surface area contributed by atoms with Crippen LogP contribution in [0.25, 0.3) is 6.08 Å². The maximum absolute atomic E-state index is 12.9. The Morgan fingerprint density at radius 2 is 1.97 bits per heavy atom. The van der Waals surface area contributed by atoms with Crippen molar-refractivity contribution in [1.29, 1.82) is 5.26 Å². The molecule has 0 atom stereocenters. The molecule has 1 aliphatic rings. The lowest BCUT2D eigenvalue weighted by Gasteiger charge is -2.18. The van der Waals surface area contributed by atoms with Crippen molar-refractivity contribution in [3.63, 3.8) is 0 Å². The fourth-order valence-electron chi connectivity index (χ4n) is 3.72. The lowest BCUT2D eigenvalue weighted by Crippen LogP contribution is -2.28. The van der Waals surface area contributed by atoms with Crippen LogP contribution in [0.15, 0.2) is 40.6 Å². The van der Waals surface area contributed by atoms with Crippen molar-refractivity contribution < 1.29 is 14.3 Å². The molecule has 35 heavy (non-hydrogen) atoms. The van der Waals surface area contributed by atoms with E-state index in [2.05, 4.69) is 11.9 Å². The van der Waals surface area contributed by atoms with Gasteiger partial charge in [-0.1, -0.05) is 36.1 Å². The summed E-state index contributed by atoms with van der Waals surface area (Å²) in [4.78, 5) is 27.6. The van der Waals surface area contributed by atoms with Crippen LogP contribution in [0.5, 0.6) is 11.5 Å². The van der Waals surface area contributed by atoms with E-state index >= 15 is 0 Å². The van der Waals surface area contributed by atoms with Gasteiger partial charge in [-0.15, -0.1) is 6.58 Å². The number of pyridine rings is 1. The van der Waals surface area contributed by atoms with Gasteiger partial charge in [-0.05, 0) is 42.7 Å². The minimum atomic E-state index is -0.407. The van der Waals surface area contributed by atoms with Gasteiger partial charge in [0.25, 0.3) is 11.5 Å². The summed E-state index contributed by atoms with van der Waals surface area (Å²) in [5, 5.41) is 12.9. The smallest absolute Gasteiger partial charge is 0.270 e. The number of nitriles is 1. The standard InChI is InChI=1S/C25H26N4O4S2/c1-6-11-29-24(31)21(35-25(29)34)13-17-15(2)18(14-26)23(30)28(3)22(17)27-10-9-16-7-8-19(32-4)20(12-16)33-5/h6-8,12-13,27H,1,9-11H2,2-5H3/b21-13+. The number of thioether (sulfide) groups is 1. The highest BCUT2D eigenvalue weighted by Crippen LogP contribution is 2.35.